The number of rotatable bonds is 4. The van der Waals surface area contributed by atoms with E-state index in [4.69, 9.17) is 4.74 Å². The van der Waals surface area contributed by atoms with E-state index in [1.165, 1.54) is 0 Å². The SMILES string of the molecule is CC.CNCCOc1ccccc1. The zero-order valence-corrected chi connectivity index (χ0v) is 8.71. The molecule has 0 fully saturated rings. The van der Waals surface area contributed by atoms with E-state index in [1.54, 1.807) is 0 Å². The number of nitrogens with one attached hydrogen (secondary N) is 1. The van der Waals surface area contributed by atoms with Crippen LogP contribution in [0.15, 0.2) is 30.3 Å². The lowest BCUT2D eigenvalue weighted by molar-refractivity contribution is 0.318. The predicted molar refractivity (Wildman–Crippen MR) is 57.2 cm³/mol. The van der Waals surface area contributed by atoms with Crippen LogP contribution in [-0.2, 0) is 0 Å². The fourth-order valence-corrected chi connectivity index (χ4v) is 0.788. The zero-order chi connectivity index (χ0) is 9.94. The third-order valence-electron chi connectivity index (χ3n) is 1.36. The van der Waals surface area contributed by atoms with Crippen LogP contribution in [0.4, 0.5) is 0 Å². The lowest BCUT2D eigenvalue weighted by atomic mass is 10.3. The summed E-state index contributed by atoms with van der Waals surface area (Å²) in [6, 6.07) is 9.82. The molecule has 0 aromatic heterocycles. The molecule has 1 rings (SSSR count). The van der Waals surface area contributed by atoms with Crippen molar-refractivity contribution in [2.75, 3.05) is 20.2 Å². The van der Waals surface area contributed by atoms with Crippen molar-refractivity contribution < 1.29 is 4.74 Å². The zero-order valence-electron chi connectivity index (χ0n) is 8.71. The summed E-state index contributed by atoms with van der Waals surface area (Å²) in [6.07, 6.45) is 0. The van der Waals surface area contributed by atoms with E-state index < -0.39 is 0 Å². The first-order chi connectivity index (χ1) is 6.43. The Hall–Kier alpha value is -1.02. The molecule has 0 unspecified atom stereocenters. The highest BCUT2D eigenvalue weighted by Crippen LogP contribution is 2.06. The molecule has 1 N–H and O–H groups in total. The van der Waals surface area contributed by atoms with Gasteiger partial charge in [0.15, 0.2) is 0 Å². The second kappa shape index (κ2) is 9.07. The van der Waals surface area contributed by atoms with Gasteiger partial charge >= 0.3 is 0 Å². The van der Waals surface area contributed by atoms with E-state index in [0.717, 1.165) is 18.9 Å². The Bertz CT molecular complexity index is 187. The van der Waals surface area contributed by atoms with Crippen molar-refractivity contribution in [3.63, 3.8) is 0 Å². The van der Waals surface area contributed by atoms with Gasteiger partial charge in [0.25, 0.3) is 0 Å². The number of para-hydroxylation sites is 1. The van der Waals surface area contributed by atoms with Crippen LogP contribution in [0.3, 0.4) is 0 Å². The smallest absolute Gasteiger partial charge is 0.119 e. The maximum absolute atomic E-state index is 5.38. The van der Waals surface area contributed by atoms with E-state index >= 15 is 0 Å². The van der Waals surface area contributed by atoms with E-state index in [2.05, 4.69) is 5.32 Å². The van der Waals surface area contributed by atoms with Crippen LogP contribution >= 0.6 is 0 Å². The number of hydrogen-bond acceptors (Lipinski definition) is 2. The minimum absolute atomic E-state index is 0.723. The number of likely N-dealkylation sites (N-methyl/N-ethyl adjacent to an activating group) is 1. The highest BCUT2D eigenvalue weighted by molar-refractivity contribution is 5.20. The summed E-state index contributed by atoms with van der Waals surface area (Å²) >= 11 is 0. The highest BCUT2D eigenvalue weighted by Gasteiger charge is 1.87. The van der Waals surface area contributed by atoms with Crippen LogP contribution < -0.4 is 10.1 Å². The van der Waals surface area contributed by atoms with Gasteiger partial charge in [-0.2, -0.15) is 0 Å². The number of benzene rings is 1. The molecule has 0 amide bonds. The van der Waals surface area contributed by atoms with Crippen LogP contribution in [0.25, 0.3) is 0 Å². The van der Waals surface area contributed by atoms with Crippen molar-refractivity contribution in [3.8, 4) is 5.75 Å². The van der Waals surface area contributed by atoms with Gasteiger partial charge < -0.3 is 10.1 Å². The van der Waals surface area contributed by atoms with E-state index in [-0.39, 0.29) is 0 Å². The lowest BCUT2D eigenvalue weighted by Gasteiger charge is -2.03. The number of ether oxygens (including phenoxy) is 1. The molecule has 0 radical (unpaired) electrons. The van der Waals surface area contributed by atoms with Gasteiger partial charge in [0.1, 0.15) is 12.4 Å². The summed E-state index contributed by atoms with van der Waals surface area (Å²) in [6.45, 7) is 5.61. The molecule has 74 valence electrons. The largest absolute Gasteiger partial charge is 0.492 e. The van der Waals surface area contributed by atoms with Crippen LogP contribution in [0.2, 0.25) is 0 Å². The van der Waals surface area contributed by atoms with Crippen LogP contribution in [-0.4, -0.2) is 20.2 Å². The molecule has 0 heterocycles. The number of hydrogen-bond donors (Lipinski definition) is 1. The molecule has 1 aromatic carbocycles. The Morgan fingerprint density at radius 3 is 2.31 bits per heavy atom. The Labute approximate surface area is 80.9 Å². The van der Waals surface area contributed by atoms with Crippen LogP contribution in [0.1, 0.15) is 13.8 Å². The first-order valence-electron chi connectivity index (χ1n) is 4.76. The molecule has 0 saturated heterocycles. The normalized spacial score (nSPS) is 8.54. The van der Waals surface area contributed by atoms with Gasteiger partial charge in [0.05, 0.1) is 0 Å². The van der Waals surface area contributed by atoms with Crippen molar-refractivity contribution in [2.45, 2.75) is 13.8 Å². The minimum atomic E-state index is 0.723. The van der Waals surface area contributed by atoms with Gasteiger partial charge in [-0.3, -0.25) is 0 Å². The molecule has 0 bridgehead atoms. The van der Waals surface area contributed by atoms with Crippen LogP contribution in [0, 0.1) is 0 Å². The van der Waals surface area contributed by atoms with Gasteiger partial charge in [-0.1, -0.05) is 32.0 Å². The summed E-state index contributed by atoms with van der Waals surface area (Å²) in [4.78, 5) is 0. The molecule has 0 aliphatic heterocycles. The molecule has 0 atom stereocenters. The summed E-state index contributed by atoms with van der Waals surface area (Å²) < 4.78 is 5.38. The second-order valence-corrected chi connectivity index (χ2v) is 2.27. The minimum Gasteiger partial charge on any atom is -0.492 e. The molecule has 0 aliphatic carbocycles. The Morgan fingerprint density at radius 2 is 1.77 bits per heavy atom. The van der Waals surface area contributed by atoms with Gasteiger partial charge in [0, 0.05) is 6.54 Å². The van der Waals surface area contributed by atoms with E-state index in [9.17, 15) is 0 Å². The third kappa shape index (κ3) is 6.17. The monoisotopic (exact) mass is 181 g/mol. The summed E-state index contributed by atoms with van der Waals surface area (Å²) in [5, 5.41) is 3.01. The summed E-state index contributed by atoms with van der Waals surface area (Å²) in [7, 11) is 1.91. The van der Waals surface area contributed by atoms with Crippen molar-refractivity contribution in [2.24, 2.45) is 0 Å². The maximum Gasteiger partial charge on any atom is 0.119 e. The first kappa shape index (κ1) is 12.0. The Kier molecular flexibility index (Phi) is 8.36. The average molecular weight is 181 g/mol. The van der Waals surface area contributed by atoms with Gasteiger partial charge in [-0.05, 0) is 19.2 Å². The molecule has 0 aliphatic rings. The molecule has 13 heavy (non-hydrogen) atoms. The molecular weight excluding hydrogens is 162 g/mol. The van der Waals surface area contributed by atoms with Gasteiger partial charge in [-0.25, -0.2) is 0 Å². The van der Waals surface area contributed by atoms with Crippen molar-refractivity contribution in [1.82, 2.24) is 5.32 Å². The molecule has 0 spiro atoms. The molecule has 2 nitrogen and oxygen atoms in total. The molecular formula is C11H19NO. The second-order valence-electron chi connectivity index (χ2n) is 2.27. The predicted octanol–water partition coefficient (Wildman–Crippen LogP) is 2.31. The topological polar surface area (TPSA) is 21.3 Å². The van der Waals surface area contributed by atoms with Crippen LogP contribution in [0.5, 0.6) is 5.75 Å². The van der Waals surface area contributed by atoms with Gasteiger partial charge in [0.2, 0.25) is 0 Å². The standard InChI is InChI=1S/C9H13NO.C2H6/c1-10-7-8-11-9-5-3-2-4-6-9;1-2/h2-6,10H,7-8H2,1H3;1-2H3. The molecule has 2 heteroatoms. The molecule has 0 saturated carbocycles. The van der Waals surface area contributed by atoms with Crippen molar-refractivity contribution in [1.29, 1.82) is 0 Å². The fourth-order valence-electron chi connectivity index (χ4n) is 0.788. The van der Waals surface area contributed by atoms with E-state index in [0.29, 0.717) is 0 Å². The van der Waals surface area contributed by atoms with Gasteiger partial charge in [-0.15, -0.1) is 0 Å². The highest BCUT2D eigenvalue weighted by atomic mass is 16.5. The first-order valence-corrected chi connectivity index (χ1v) is 4.76. The fraction of sp³-hybridized carbons (Fsp3) is 0.455. The maximum atomic E-state index is 5.38. The molecule has 1 aromatic rings. The Morgan fingerprint density at radius 1 is 1.15 bits per heavy atom. The van der Waals surface area contributed by atoms with Crippen molar-refractivity contribution >= 4 is 0 Å². The van der Waals surface area contributed by atoms with Crippen molar-refractivity contribution in [3.05, 3.63) is 30.3 Å². The summed E-state index contributed by atoms with van der Waals surface area (Å²) in [5.41, 5.74) is 0. The Balaban J connectivity index is 0.000000671. The lowest BCUT2D eigenvalue weighted by Crippen LogP contribution is -2.15. The average Bonchev–Trinajstić information content (AvgIpc) is 2.23. The third-order valence-corrected chi connectivity index (χ3v) is 1.36. The quantitative estimate of drug-likeness (QED) is 0.720. The van der Waals surface area contributed by atoms with E-state index in [1.807, 2.05) is 51.2 Å². The summed E-state index contributed by atoms with van der Waals surface area (Å²) in [5.74, 6) is 0.933.